The van der Waals surface area contributed by atoms with E-state index >= 15 is 0 Å². The highest BCUT2D eigenvalue weighted by molar-refractivity contribution is 5.93. The lowest BCUT2D eigenvalue weighted by Crippen LogP contribution is -2.40. The molecule has 2 rings (SSSR count). The first-order valence-corrected chi connectivity index (χ1v) is 7.61. The number of likely N-dealkylation sites (tertiary alicyclic amines) is 1. The van der Waals surface area contributed by atoms with E-state index in [1.54, 1.807) is 4.90 Å². The summed E-state index contributed by atoms with van der Waals surface area (Å²) in [4.78, 5) is 25.0. The second-order valence-corrected chi connectivity index (χ2v) is 5.77. The van der Waals surface area contributed by atoms with Gasteiger partial charge in [0.2, 0.25) is 0 Å². The van der Waals surface area contributed by atoms with Gasteiger partial charge in [-0.3, -0.25) is 9.59 Å². The van der Waals surface area contributed by atoms with Crippen LogP contribution in [-0.4, -0.2) is 35.0 Å². The minimum Gasteiger partial charge on any atom is -0.481 e. The summed E-state index contributed by atoms with van der Waals surface area (Å²) in [7, 11) is 0. The minimum absolute atomic E-state index is 0.0628. The van der Waals surface area contributed by atoms with Crippen molar-refractivity contribution in [2.24, 2.45) is 5.92 Å². The van der Waals surface area contributed by atoms with Crippen molar-refractivity contribution in [2.75, 3.05) is 13.1 Å². The molecule has 1 saturated heterocycles. The van der Waals surface area contributed by atoms with E-state index in [0.29, 0.717) is 18.7 Å². The van der Waals surface area contributed by atoms with Gasteiger partial charge in [-0.1, -0.05) is 6.92 Å². The second kappa shape index (κ2) is 6.78. The highest BCUT2D eigenvalue weighted by Gasteiger charge is 2.27. The molecule has 1 aliphatic heterocycles. The zero-order chi connectivity index (χ0) is 15.4. The monoisotopic (exact) mass is 293 g/mol. The largest absolute Gasteiger partial charge is 0.481 e. The van der Waals surface area contributed by atoms with Gasteiger partial charge in [0.1, 0.15) is 5.76 Å². The standard InChI is InChI=1S/C16H23NO4/c1-3-13-9-11(2)15(21-13)16(20)17-8-4-5-12(10-17)6-7-14(18)19/h9,12H,3-8,10H2,1-2H3,(H,18,19)/t12-/m0/s1. The number of aliphatic carboxylic acids is 1. The van der Waals surface area contributed by atoms with Crippen molar-refractivity contribution in [1.29, 1.82) is 0 Å². The Balaban J connectivity index is 2.01. The molecule has 1 aromatic heterocycles. The van der Waals surface area contributed by atoms with E-state index in [-0.39, 0.29) is 18.2 Å². The van der Waals surface area contributed by atoms with Crippen LogP contribution in [-0.2, 0) is 11.2 Å². The van der Waals surface area contributed by atoms with Gasteiger partial charge < -0.3 is 14.4 Å². The van der Waals surface area contributed by atoms with Crippen molar-refractivity contribution in [3.63, 3.8) is 0 Å². The number of hydrogen-bond donors (Lipinski definition) is 1. The summed E-state index contributed by atoms with van der Waals surface area (Å²) < 4.78 is 5.63. The van der Waals surface area contributed by atoms with E-state index in [9.17, 15) is 9.59 Å². The van der Waals surface area contributed by atoms with Crippen LogP contribution in [0.2, 0.25) is 0 Å². The third-order valence-corrected chi connectivity index (χ3v) is 4.08. The zero-order valence-electron chi connectivity index (χ0n) is 12.7. The van der Waals surface area contributed by atoms with Gasteiger partial charge in [0.05, 0.1) is 0 Å². The molecule has 21 heavy (non-hydrogen) atoms. The number of hydrogen-bond acceptors (Lipinski definition) is 3. The molecule has 0 aliphatic carbocycles. The lowest BCUT2D eigenvalue weighted by atomic mass is 9.93. The van der Waals surface area contributed by atoms with Crippen LogP contribution in [0.1, 0.15) is 54.5 Å². The lowest BCUT2D eigenvalue weighted by molar-refractivity contribution is -0.137. The Kier molecular flexibility index (Phi) is 5.04. The van der Waals surface area contributed by atoms with Gasteiger partial charge in [-0.25, -0.2) is 0 Å². The lowest BCUT2D eigenvalue weighted by Gasteiger charge is -2.32. The van der Waals surface area contributed by atoms with Gasteiger partial charge in [0.15, 0.2) is 5.76 Å². The molecule has 5 nitrogen and oxygen atoms in total. The first-order valence-electron chi connectivity index (χ1n) is 7.61. The van der Waals surface area contributed by atoms with Crippen LogP contribution >= 0.6 is 0 Å². The number of carbonyl (C=O) groups excluding carboxylic acids is 1. The van der Waals surface area contributed by atoms with Gasteiger partial charge in [0, 0.05) is 31.5 Å². The number of nitrogens with zero attached hydrogens (tertiary/aromatic N) is 1. The van der Waals surface area contributed by atoms with Crippen LogP contribution in [0.5, 0.6) is 0 Å². The predicted octanol–water partition coefficient (Wildman–Crippen LogP) is 2.87. The Morgan fingerprint density at radius 2 is 2.24 bits per heavy atom. The van der Waals surface area contributed by atoms with Crippen LogP contribution < -0.4 is 0 Å². The second-order valence-electron chi connectivity index (χ2n) is 5.77. The Morgan fingerprint density at radius 1 is 1.48 bits per heavy atom. The molecule has 1 aliphatic rings. The van der Waals surface area contributed by atoms with E-state index < -0.39 is 5.97 Å². The molecular formula is C16H23NO4. The number of carboxylic acids is 1. The third kappa shape index (κ3) is 3.86. The SMILES string of the molecule is CCc1cc(C)c(C(=O)N2CCC[C@@H](CCC(=O)O)C2)o1. The molecule has 1 N–H and O–H groups in total. The highest BCUT2D eigenvalue weighted by atomic mass is 16.4. The molecule has 5 heteroatoms. The van der Waals surface area contributed by atoms with E-state index in [4.69, 9.17) is 9.52 Å². The van der Waals surface area contributed by atoms with Crippen molar-refractivity contribution in [3.8, 4) is 0 Å². The number of aryl methyl sites for hydroxylation is 2. The van der Waals surface area contributed by atoms with Gasteiger partial charge in [0.25, 0.3) is 5.91 Å². The fraction of sp³-hybridized carbons (Fsp3) is 0.625. The summed E-state index contributed by atoms with van der Waals surface area (Å²) in [6.45, 7) is 5.24. The Labute approximate surface area is 124 Å². The number of amides is 1. The van der Waals surface area contributed by atoms with E-state index in [2.05, 4.69) is 0 Å². The smallest absolute Gasteiger partial charge is 0.303 e. The number of carbonyl (C=O) groups is 2. The molecule has 0 radical (unpaired) electrons. The van der Waals surface area contributed by atoms with E-state index in [1.807, 2.05) is 19.9 Å². The summed E-state index contributed by atoms with van der Waals surface area (Å²) in [5, 5.41) is 8.77. The molecule has 0 bridgehead atoms. The Morgan fingerprint density at radius 3 is 2.86 bits per heavy atom. The Bertz CT molecular complexity index is 520. The third-order valence-electron chi connectivity index (χ3n) is 4.08. The number of furan rings is 1. The molecule has 1 fully saturated rings. The first kappa shape index (κ1) is 15.6. The summed E-state index contributed by atoms with van der Waals surface area (Å²) >= 11 is 0. The number of rotatable bonds is 5. The summed E-state index contributed by atoms with van der Waals surface area (Å²) in [6, 6.07) is 1.92. The number of piperidine rings is 1. The molecule has 0 spiro atoms. The molecule has 1 amide bonds. The molecule has 1 atom stereocenters. The maximum atomic E-state index is 12.5. The topological polar surface area (TPSA) is 70.8 Å². The van der Waals surface area contributed by atoms with Gasteiger partial charge in [-0.15, -0.1) is 0 Å². The fourth-order valence-electron chi connectivity index (χ4n) is 2.89. The maximum Gasteiger partial charge on any atom is 0.303 e. The van der Waals surface area contributed by atoms with Gasteiger partial charge in [-0.2, -0.15) is 0 Å². The average molecular weight is 293 g/mol. The molecule has 1 aromatic rings. The molecule has 116 valence electrons. The predicted molar refractivity (Wildman–Crippen MR) is 78.3 cm³/mol. The zero-order valence-corrected chi connectivity index (χ0v) is 12.7. The maximum absolute atomic E-state index is 12.5. The Hall–Kier alpha value is -1.78. The molecule has 0 unspecified atom stereocenters. The van der Waals surface area contributed by atoms with Crippen LogP contribution in [0.4, 0.5) is 0 Å². The molecule has 0 saturated carbocycles. The van der Waals surface area contributed by atoms with Crippen molar-refractivity contribution >= 4 is 11.9 Å². The summed E-state index contributed by atoms with van der Waals surface area (Å²) in [6.07, 6.45) is 3.50. The van der Waals surface area contributed by atoms with Crippen molar-refractivity contribution in [1.82, 2.24) is 4.90 Å². The van der Waals surface area contributed by atoms with Crippen LogP contribution in [0.25, 0.3) is 0 Å². The van der Waals surface area contributed by atoms with Gasteiger partial charge in [-0.05, 0) is 38.2 Å². The van der Waals surface area contributed by atoms with Crippen molar-refractivity contribution in [3.05, 3.63) is 23.2 Å². The number of carboxylic acid groups (broad SMARTS) is 1. The van der Waals surface area contributed by atoms with Gasteiger partial charge >= 0.3 is 5.97 Å². The van der Waals surface area contributed by atoms with Crippen LogP contribution in [0.15, 0.2) is 10.5 Å². The van der Waals surface area contributed by atoms with Crippen LogP contribution in [0.3, 0.4) is 0 Å². The fourth-order valence-corrected chi connectivity index (χ4v) is 2.89. The normalized spacial score (nSPS) is 18.8. The quantitative estimate of drug-likeness (QED) is 0.906. The summed E-state index contributed by atoms with van der Waals surface area (Å²) in [5.41, 5.74) is 0.879. The van der Waals surface area contributed by atoms with Crippen molar-refractivity contribution < 1.29 is 19.1 Å². The highest BCUT2D eigenvalue weighted by Crippen LogP contribution is 2.24. The van der Waals surface area contributed by atoms with Crippen LogP contribution in [0, 0.1) is 12.8 Å². The van der Waals surface area contributed by atoms with E-state index in [1.165, 1.54) is 0 Å². The van der Waals surface area contributed by atoms with Crippen molar-refractivity contribution in [2.45, 2.75) is 46.0 Å². The first-order chi connectivity index (χ1) is 10.0. The average Bonchev–Trinajstić information content (AvgIpc) is 2.86. The van der Waals surface area contributed by atoms with E-state index in [0.717, 1.165) is 37.1 Å². The summed E-state index contributed by atoms with van der Waals surface area (Å²) in [5.74, 6) is 0.709. The molecule has 2 heterocycles. The molecular weight excluding hydrogens is 270 g/mol. The molecule has 0 aromatic carbocycles. The minimum atomic E-state index is -0.770.